The van der Waals surface area contributed by atoms with Gasteiger partial charge in [-0.2, -0.15) is 0 Å². The molecule has 0 bridgehead atoms. The summed E-state index contributed by atoms with van der Waals surface area (Å²) < 4.78 is 0. The van der Waals surface area contributed by atoms with Crippen LogP contribution in [-0.4, -0.2) is 18.0 Å². The maximum Gasteiger partial charge on any atom is 0.152 e. The maximum atomic E-state index is 10.9. The highest BCUT2D eigenvalue weighted by molar-refractivity contribution is 5.56. The van der Waals surface area contributed by atoms with E-state index in [1.165, 1.54) is 12.8 Å². The lowest BCUT2D eigenvalue weighted by Gasteiger charge is -2.40. The Labute approximate surface area is 105 Å². The van der Waals surface area contributed by atoms with Crippen molar-refractivity contribution in [1.82, 2.24) is 0 Å². The average molecular weight is 242 g/mol. The van der Waals surface area contributed by atoms with Gasteiger partial charge < -0.3 is 4.79 Å². The zero-order valence-corrected chi connectivity index (χ0v) is 11.6. The molecule has 0 aromatic carbocycles. The zero-order valence-electron chi connectivity index (χ0n) is 11.6. The van der Waals surface area contributed by atoms with Crippen molar-refractivity contribution in [3.05, 3.63) is 0 Å². The van der Waals surface area contributed by atoms with Gasteiger partial charge in [-0.25, -0.2) is 9.78 Å². The third kappa shape index (κ3) is 3.78. The quantitative estimate of drug-likeness (QED) is 0.528. The van der Waals surface area contributed by atoms with Gasteiger partial charge >= 0.3 is 0 Å². The van der Waals surface area contributed by atoms with Crippen LogP contribution in [-0.2, 0) is 14.6 Å². The Morgan fingerprint density at radius 3 is 2.47 bits per heavy atom. The number of hydrogen-bond acceptors (Lipinski definition) is 3. The summed E-state index contributed by atoms with van der Waals surface area (Å²) in [5, 5.41) is 0. The molecule has 0 N–H and O–H groups in total. The van der Waals surface area contributed by atoms with Crippen LogP contribution in [0.3, 0.4) is 0 Å². The van der Waals surface area contributed by atoms with Crippen molar-refractivity contribution in [2.75, 3.05) is 0 Å². The molecule has 1 aliphatic heterocycles. The number of aldehydes is 1. The second-order valence-electron chi connectivity index (χ2n) is 5.49. The summed E-state index contributed by atoms with van der Waals surface area (Å²) in [6.45, 7) is 8.64. The highest BCUT2D eigenvalue weighted by Gasteiger charge is 2.40. The molecule has 0 aromatic rings. The smallest absolute Gasteiger partial charge is 0.152 e. The third-order valence-corrected chi connectivity index (χ3v) is 4.05. The van der Waals surface area contributed by atoms with E-state index in [1.54, 1.807) is 0 Å². The molecule has 0 aliphatic carbocycles. The summed E-state index contributed by atoms with van der Waals surface area (Å²) in [6.07, 6.45) is 5.73. The molecular formula is C14H26O3. The lowest BCUT2D eigenvalue weighted by atomic mass is 9.79. The van der Waals surface area contributed by atoms with Crippen molar-refractivity contribution in [3.63, 3.8) is 0 Å². The van der Waals surface area contributed by atoms with E-state index in [0.29, 0.717) is 11.8 Å². The predicted molar refractivity (Wildman–Crippen MR) is 67.5 cm³/mol. The van der Waals surface area contributed by atoms with Gasteiger partial charge in [-0.05, 0) is 31.6 Å². The van der Waals surface area contributed by atoms with Crippen molar-refractivity contribution in [2.45, 2.75) is 71.5 Å². The van der Waals surface area contributed by atoms with E-state index in [2.05, 4.69) is 27.7 Å². The SMILES string of the molecule is CCC(CC)C[C@@]1(C)C[C@@H](CC)[C@@H](C=O)OO1. The Bertz CT molecular complexity index is 238. The Kier molecular flexibility index (Phi) is 5.60. The van der Waals surface area contributed by atoms with E-state index in [-0.39, 0.29) is 11.7 Å². The van der Waals surface area contributed by atoms with Crippen molar-refractivity contribution in [1.29, 1.82) is 0 Å². The van der Waals surface area contributed by atoms with Crippen molar-refractivity contribution in [2.24, 2.45) is 11.8 Å². The molecule has 0 amide bonds. The van der Waals surface area contributed by atoms with Crippen molar-refractivity contribution in [3.8, 4) is 0 Å². The van der Waals surface area contributed by atoms with Gasteiger partial charge in [-0.3, -0.25) is 0 Å². The summed E-state index contributed by atoms with van der Waals surface area (Å²) in [5.74, 6) is 0.967. The number of hydrogen-bond donors (Lipinski definition) is 0. The van der Waals surface area contributed by atoms with Crippen LogP contribution >= 0.6 is 0 Å². The minimum Gasteiger partial charge on any atom is -0.300 e. The molecule has 1 aliphatic rings. The minimum atomic E-state index is -0.380. The van der Waals surface area contributed by atoms with Crippen LogP contribution in [0.4, 0.5) is 0 Å². The first-order valence-electron chi connectivity index (χ1n) is 6.88. The van der Waals surface area contributed by atoms with Gasteiger partial charge in [0.1, 0.15) is 5.60 Å². The van der Waals surface area contributed by atoms with Crippen LogP contribution in [0.2, 0.25) is 0 Å². The lowest BCUT2D eigenvalue weighted by Crippen LogP contribution is -2.44. The first-order chi connectivity index (χ1) is 8.08. The second-order valence-corrected chi connectivity index (χ2v) is 5.49. The Morgan fingerprint density at radius 2 is 2.00 bits per heavy atom. The van der Waals surface area contributed by atoms with Crippen LogP contribution in [0.1, 0.15) is 59.8 Å². The van der Waals surface area contributed by atoms with Gasteiger partial charge in [-0.1, -0.05) is 40.0 Å². The lowest BCUT2D eigenvalue weighted by molar-refractivity contribution is -0.409. The first kappa shape index (κ1) is 14.7. The summed E-state index contributed by atoms with van der Waals surface area (Å²) in [5.41, 5.74) is -0.225. The molecule has 3 heteroatoms. The van der Waals surface area contributed by atoms with Crippen LogP contribution in [0.5, 0.6) is 0 Å². The largest absolute Gasteiger partial charge is 0.300 e. The minimum absolute atomic E-state index is 0.225. The molecule has 1 fully saturated rings. The van der Waals surface area contributed by atoms with E-state index in [1.807, 2.05) is 0 Å². The summed E-state index contributed by atoms with van der Waals surface area (Å²) in [6, 6.07) is 0. The van der Waals surface area contributed by atoms with E-state index in [9.17, 15) is 4.79 Å². The summed E-state index contributed by atoms with van der Waals surface area (Å²) >= 11 is 0. The molecule has 100 valence electrons. The highest BCUT2D eigenvalue weighted by Crippen LogP contribution is 2.37. The number of rotatable bonds is 6. The van der Waals surface area contributed by atoms with Gasteiger partial charge in [0.2, 0.25) is 0 Å². The molecule has 3 atom stereocenters. The van der Waals surface area contributed by atoms with Crippen LogP contribution in [0.15, 0.2) is 0 Å². The predicted octanol–water partition coefficient (Wildman–Crippen LogP) is 3.52. The average Bonchev–Trinajstić information content (AvgIpc) is 2.35. The normalized spacial score (nSPS) is 33.9. The first-order valence-corrected chi connectivity index (χ1v) is 6.88. The third-order valence-electron chi connectivity index (χ3n) is 4.05. The van der Waals surface area contributed by atoms with E-state index >= 15 is 0 Å². The summed E-state index contributed by atoms with van der Waals surface area (Å²) in [7, 11) is 0. The van der Waals surface area contributed by atoms with Gasteiger partial charge in [0.25, 0.3) is 0 Å². The van der Waals surface area contributed by atoms with E-state index in [0.717, 1.165) is 25.5 Å². The van der Waals surface area contributed by atoms with Crippen molar-refractivity contribution < 1.29 is 14.6 Å². The Balaban J connectivity index is 2.62. The Morgan fingerprint density at radius 1 is 1.35 bits per heavy atom. The number of carbonyl (C=O) groups is 1. The van der Waals surface area contributed by atoms with Crippen LogP contribution in [0, 0.1) is 11.8 Å². The van der Waals surface area contributed by atoms with E-state index in [4.69, 9.17) is 9.78 Å². The molecule has 1 saturated heterocycles. The zero-order chi connectivity index (χ0) is 12.9. The molecule has 1 rings (SSSR count). The molecule has 0 saturated carbocycles. The summed E-state index contributed by atoms with van der Waals surface area (Å²) in [4.78, 5) is 21.6. The fourth-order valence-corrected chi connectivity index (χ4v) is 2.77. The maximum absolute atomic E-state index is 10.9. The monoisotopic (exact) mass is 242 g/mol. The number of carbonyl (C=O) groups excluding carboxylic acids is 1. The molecule has 1 heterocycles. The second kappa shape index (κ2) is 6.50. The molecular weight excluding hydrogens is 216 g/mol. The molecule has 3 nitrogen and oxygen atoms in total. The van der Waals surface area contributed by atoms with E-state index < -0.39 is 0 Å². The molecule has 17 heavy (non-hydrogen) atoms. The fraction of sp³-hybridized carbons (Fsp3) is 0.929. The van der Waals surface area contributed by atoms with Crippen LogP contribution in [0.25, 0.3) is 0 Å². The van der Waals surface area contributed by atoms with Gasteiger partial charge in [0.15, 0.2) is 12.4 Å². The van der Waals surface area contributed by atoms with Gasteiger partial charge in [0, 0.05) is 0 Å². The molecule has 0 radical (unpaired) electrons. The standard InChI is InChI=1S/C14H26O3/c1-5-11(6-2)8-14(4)9-12(7-3)13(10-15)16-17-14/h10-13H,5-9H2,1-4H3/t12-,13-,14+/m1/s1. The molecule has 0 aromatic heterocycles. The van der Waals surface area contributed by atoms with Gasteiger partial charge in [0.05, 0.1) is 0 Å². The molecule has 0 spiro atoms. The molecule has 0 unspecified atom stereocenters. The fourth-order valence-electron chi connectivity index (χ4n) is 2.77. The topological polar surface area (TPSA) is 35.5 Å². The Hall–Kier alpha value is -0.410. The van der Waals surface area contributed by atoms with Crippen LogP contribution < -0.4 is 0 Å². The van der Waals surface area contributed by atoms with Crippen molar-refractivity contribution >= 4 is 6.29 Å². The highest BCUT2D eigenvalue weighted by atomic mass is 17.2. The van der Waals surface area contributed by atoms with Gasteiger partial charge in [-0.15, -0.1) is 0 Å².